The van der Waals surface area contributed by atoms with Crippen LogP contribution in [0.4, 0.5) is 0 Å². The zero-order valence-corrected chi connectivity index (χ0v) is 10.9. The Morgan fingerprint density at radius 2 is 2.00 bits per heavy atom. The first-order valence-corrected chi connectivity index (χ1v) is 6.88. The lowest BCUT2D eigenvalue weighted by Gasteiger charge is -2.15. The second kappa shape index (κ2) is 6.77. The van der Waals surface area contributed by atoms with E-state index in [9.17, 15) is 9.46 Å². The van der Waals surface area contributed by atoms with Crippen LogP contribution in [0.2, 0.25) is 0 Å². The highest BCUT2D eigenvalue weighted by Crippen LogP contribution is 2.43. The van der Waals surface area contributed by atoms with Gasteiger partial charge in [0.15, 0.2) is 0 Å². The lowest BCUT2D eigenvalue weighted by atomic mass is 10.3. The molecule has 6 heteroatoms. The molecule has 0 aliphatic heterocycles. The van der Waals surface area contributed by atoms with E-state index in [1.807, 2.05) is 0 Å². The zero-order valence-electron chi connectivity index (χ0n) is 9.96. The maximum atomic E-state index is 11.9. The minimum absolute atomic E-state index is 0.167. The van der Waals surface area contributed by atoms with Crippen LogP contribution < -0.4 is 10.0 Å². The third-order valence-electron chi connectivity index (χ3n) is 2.02. The van der Waals surface area contributed by atoms with E-state index in [0.717, 1.165) is 0 Å². The number of hydrogen-bond acceptors (Lipinski definition) is 4. The molecule has 0 saturated carbocycles. The average molecular weight is 260 g/mol. The predicted molar refractivity (Wildman–Crippen MR) is 64.9 cm³/mol. The van der Waals surface area contributed by atoms with Crippen LogP contribution in [-0.4, -0.2) is 31.8 Å². The van der Waals surface area contributed by atoms with Crippen molar-refractivity contribution in [3.63, 3.8) is 0 Å². The zero-order chi connectivity index (χ0) is 12.7. The summed E-state index contributed by atoms with van der Waals surface area (Å²) in [5, 5.41) is 0.179. The van der Waals surface area contributed by atoms with E-state index in [-0.39, 0.29) is 11.9 Å². The highest BCUT2D eigenvalue weighted by molar-refractivity contribution is 7.61. The highest BCUT2D eigenvalue weighted by atomic mass is 31.2. The Hall–Kier alpha value is -0.870. The molecular formula is C11H17O5P. The predicted octanol–water partition coefficient (Wildman–Crippen LogP) is 1.56. The molecule has 0 fully saturated rings. The summed E-state index contributed by atoms with van der Waals surface area (Å²) >= 11 is 0. The van der Waals surface area contributed by atoms with Gasteiger partial charge in [-0.1, -0.05) is 12.1 Å². The first-order valence-electron chi connectivity index (χ1n) is 5.30. The number of hydrogen-bond donors (Lipinski definition) is 1. The SMILES string of the molecule is CCOP(=O)(O)c1ccccc1OCCOC. The quantitative estimate of drug-likeness (QED) is 0.595. The van der Waals surface area contributed by atoms with E-state index in [1.165, 1.54) is 6.07 Å². The lowest BCUT2D eigenvalue weighted by Crippen LogP contribution is -2.14. The van der Waals surface area contributed by atoms with Gasteiger partial charge in [0.1, 0.15) is 17.7 Å². The van der Waals surface area contributed by atoms with Gasteiger partial charge in [0.25, 0.3) is 0 Å². The number of methoxy groups -OCH3 is 1. The van der Waals surface area contributed by atoms with E-state index < -0.39 is 7.60 Å². The van der Waals surface area contributed by atoms with Crippen molar-refractivity contribution in [2.75, 3.05) is 26.9 Å². The minimum Gasteiger partial charge on any atom is -0.490 e. The lowest BCUT2D eigenvalue weighted by molar-refractivity contribution is 0.146. The number of para-hydroxylation sites is 1. The van der Waals surface area contributed by atoms with Gasteiger partial charge in [-0.25, -0.2) is 0 Å². The van der Waals surface area contributed by atoms with E-state index >= 15 is 0 Å². The number of ether oxygens (including phenoxy) is 2. The van der Waals surface area contributed by atoms with Crippen molar-refractivity contribution in [3.05, 3.63) is 24.3 Å². The summed E-state index contributed by atoms with van der Waals surface area (Å²) in [5.74, 6) is 0.351. The smallest absolute Gasteiger partial charge is 0.362 e. The molecule has 0 aliphatic rings. The second-order valence-corrected chi connectivity index (χ2v) is 5.03. The fourth-order valence-corrected chi connectivity index (χ4v) is 2.47. The number of rotatable bonds is 7. The van der Waals surface area contributed by atoms with Crippen molar-refractivity contribution < 1.29 is 23.5 Å². The van der Waals surface area contributed by atoms with Crippen LogP contribution in [0.5, 0.6) is 5.75 Å². The Morgan fingerprint density at radius 1 is 1.29 bits per heavy atom. The van der Waals surface area contributed by atoms with Gasteiger partial charge in [-0.15, -0.1) is 0 Å². The van der Waals surface area contributed by atoms with Gasteiger partial charge in [0, 0.05) is 7.11 Å². The normalized spacial score (nSPS) is 14.3. The minimum atomic E-state index is -3.80. The molecule has 1 unspecified atom stereocenters. The monoisotopic (exact) mass is 260 g/mol. The summed E-state index contributed by atoms with van der Waals surface area (Å²) in [4.78, 5) is 9.75. The summed E-state index contributed by atoms with van der Waals surface area (Å²) in [6.07, 6.45) is 0. The fourth-order valence-electron chi connectivity index (χ4n) is 1.29. The fraction of sp³-hybridized carbons (Fsp3) is 0.455. The van der Waals surface area contributed by atoms with E-state index in [2.05, 4.69) is 0 Å². The Labute approximate surface area is 101 Å². The molecule has 0 heterocycles. The largest absolute Gasteiger partial charge is 0.490 e. The van der Waals surface area contributed by atoms with E-state index in [4.69, 9.17) is 14.0 Å². The van der Waals surface area contributed by atoms with E-state index in [0.29, 0.717) is 19.0 Å². The van der Waals surface area contributed by atoms with Gasteiger partial charge in [0.2, 0.25) is 0 Å². The highest BCUT2D eigenvalue weighted by Gasteiger charge is 2.26. The van der Waals surface area contributed by atoms with Crippen LogP contribution in [0.25, 0.3) is 0 Å². The van der Waals surface area contributed by atoms with Crippen LogP contribution in [0.1, 0.15) is 6.92 Å². The molecule has 0 aromatic heterocycles. The average Bonchev–Trinajstić information content (AvgIpc) is 2.30. The third-order valence-corrected chi connectivity index (χ3v) is 3.61. The molecule has 0 amide bonds. The molecular weight excluding hydrogens is 243 g/mol. The van der Waals surface area contributed by atoms with Crippen molar-refractivity contribution in [3.8, 4) is 5.75 Å². The molecule has 0 bridgehead atoms. The van der Waals surface area contributed by atoms with Crippen molar-refractivity contribution in [1.29, 1.82) is 0 Å². The molecule has 1 N–H and O–H groups in total. The first kappa shape index (κ1) is 14.2. The van der Waals surface area contributed by atoms with Gasteiger partial charge in [-0.2, -0.15) is 0 Å². The van der Waals surface area contributed by atoms with Gasteiger partial charge < -0.3 is 18.9 Å². The van der Waals surface area contributed by atoms with E-state index in [1.54, 1.807) is 32.2 Å². The number of benzene rings is 1. The summed E-state index contributed by atoms with van der Waals surface area (Å²) in [7, 11) is -2.24. The van der Waals surface area contributed by atoms with Crippen LogP contribution >= 0.6 is 7.60 Å². The molecule has 0 spiro atoms. The van der Waals surface area contributed by atoms with Gasteiger partial charge in [-0.05, 0) is 19.1 Å². The Bertz CT molecular complexity index is 393. The van der Waals surface area contributed by atoms with Crippen molar-refractivity contribution in [2.45, 2.75) is 6.92 Å². The molecule has 0 radical (unpaired) electrons. The molecule has 1 atom stereocenters. The van der Waals surface area contributed by atoms with Gasteiger partial charge in [0.05, 0.1) is 13.2 Å². The summed E-state index contributed by atoms with van der Waals surface area (Å²) in [6.45, 7) is 2.57. The Kier molecular flexibility index (Phi) is 5.65. The third kappa shape index (κ3) is 4.13. The van der Waals surface area contributed by atoms with Crippen LogP contribution in [0.15, 0.2) is 24.3 Å². The van der Waals surface area contributed by atoms with Gasteiger partial charge in [-0.3, -0.25) is 4.57 Å². The second-order valence-electron chi connectivity index (χ2n) is 3.25. The van der Waals surface area contributed by atoms with Crippen molar-refractivity contribution >= 4 is 12.9 Å². The van der Waals surface area contributed by atoms with Crippen LogP contribution in [0, 0.1) is 0 Å². The molecule has 1 aromatic rings. The maximum Gasteiger partial charge on any atom is 0.362 e. The molecule has 0 aliphatic carbocycles. The molecule has 17 heavy (non-hydrogen) atoms. The molecule has 1 aromatic carbocycles. The van der Waals surface area contributed by atoms with Gasteiger partial charge >= 0.3 is 7.60 Å². The first-order chi connectivity index (χ1) is 8.11. The molecule has 96 valence electrons. The maximum absolute atomic E-state index is 11.9. The van der Waals surface area contributed by atoms with Crippen molar-refractivity contribution in [1.82, 2.24) is 0 Å². The summed E-state index contributed by atoms with van der Waals surface area (Å²) in [5.41, 5.74) is 0. The van der Waals surface area contributed by atoms with Crippen LogP contribution in [0.3, 0.4) is 0 Å². The Balaban J connectivity index is 2.87. The topological polar surface area (TPSA) is 65.0 Å². The van der Waals surface area contributed by atoms with Crippen molar-refractivity contribution in [2.24, 2.45) is 0 Å². The molecule has 1 rings (SSSR count). The summed E-state index contributed by atoms with van der Waals surface area (Å²) in [6, 6.07) is 6.56. The van der Waals surface area contributed by atoms with Crippen LogP contribution in [-0.2, 0) is 13.8 Å². The molecule has 0 saturated heterocycles. The molecule has 5 nitrogen and oxygen atoms in total. The summed E-state index contributed by atoms with van der Waals surface area (Å²) < 4.78 is 27.0. The Morgan fingerprint density at radius 3 is 2.65 bits per heavy atom. The standard InChI is InChI=1S/C11H17O5P/c1-3-16-17(12,13)11-7-5-4-6-10(11)15-9-8-14-2/h4-7H,3,8-9H2,1-2H3,(H,12,13).